The smallest absolute Gasteiger partial charge is 0.339 e. The van der Waals surface area contributed by atoms with Crippen LogP contribution in [0.25, 0.3) is 0 Å². The van der Waals surface area contributed by atoms with Crippen molar-refractivity contribution in [3.8, 4) is 0 Å². The van der Waals surface area contributed by atoms with Gasteiger partial charge < -0.3 is 10.1 Å². The number of nitrogens with one attached hydrogen (secondary N) is 1. The first-order chi connectivity index (χ1) is 11.1. The number of aryl methyl sites for hydroxylation is 1. The largest absolute Gasteiger partial charge is 0.450 e. The monoisotopic (exact) mass is 373 g/mol. The van der Waals surface area contributed by atoms with Gasteiger partial charge in [0.15, 0.2) is 0 Å². The maximum atomic E-state index is 12.7. The van der Waals surface area contributed by atoms with Crippen LogP contribution in [0, 0.1) is 6.92 Å². The van der Waals surface area contributed by atoms with Crippen molar-refractivity contribution >= 4 is 21.9 Å². The number of piperidine rings is 1. The van der Waals surface area contributed by atoms with Gasteiger partial charge in [-0.3, -0.25) is 0 Å². The van der Waals surface area contributed by atoms with E-state index in [4.69, 9.17) is 4.74 Å². The first kappa shape index (κ1) is 16.2. The van der Waals surface area contributed by atoms with Crippen LogP contribution in [-0.4, -0.2) is 19.1 Å². The van der Waals surface area contributed by atoms with Crippen molar-refractivity contribution in [2.45, 2.75) is 25.4 Å². The van der Waals surface area contributed by atoms with Gasteiger partial charge in [-0.2, -0.15) is 0 Å². The minimum absolute atomic E-state index is 0.267. The molecule has 0 amide bonds. The Balaban J connectivity index is 1.89. The zero-order valence-corrected chi connectivity index (χ0v) is 14.7. The molecule has 0 saturated carbocycles. The fourth-order valence-electron chi connectivity index (χ4n) is 2.98. The second-order valence-corrected chi connectivity index (χ2v) is 6.82. The summed E-state index contributed by atoms with van der Waals surface area (Å²) in [5, 5.41) is 3.34. The predicted molar refractivity (Wildman–Crippen MR) is 94.5 cm³/mol. The predicted octanol–water partition coefficient (Wildman–Crippen LogP) is 4.19. The standard InChI is InChI=1S/C19H20BrNO2/c1-14-7-8-15(13-17(14)20)18(22)23-19(9-11-21-12-10-19)16-5-3-2-4-6-16/h2-8,13,21H,9-12H2,1H3. The number of ether oxygens (including phenoxy) is 1. The van der Waals surface area contributed by atoms with E-state index in [9.17, 15) is 4.79 Å². The van der Waals surface area contributed by atoms with Crippen LogP contribution in [0.3, 0.4) is 0 Å². The van der Waals surface area contributed by atoms with Crippen molar-refractivity contribution in [2.24, 2.45) is 0 Å². The van der Waals surface area contributed by atoms with E-state index in [0.29, 0.717) is 5.56 Å². The van der Waals surface area contributed by atoms with Crippen LogP contribution in [0.4, 0.5) is 0 Å². The number of hydrogen-bond acceptors (Lipinski definition) is 3. The van der Waals surface area contributed by atoms with Gasteiger partial charge in [-0.05, 0) is 43.3 Å². The summed E-state index contributed by atoms with van der Waals surface area (Å²) in [7, 11) is 0. The van der Waals surface area contributed by atoms with Gasteiger partial charge in [-0.1, -0.05) is 52.3 Å². The second kappa shape index (κ2) is 6.85. The third-order valence-electron chi connectivity index (χ3n) is 4.41. The number of carbonyl (C=O) groups is 1. The Labute approximate surface area is 145 Å². The molecule has 0 aromatic heterocycles. The first-order valence-corrected chi connectivity index (χ1v) is 8.66. The van der Waals surface area contributed by atoms with Crippen molar-refractivity contribution in [3.63, 3.8) is 0 Å². The number of halogens is 1. The number of rotatable bonds is 3. The summed E-state index contributed by atoms with van der Waals surface area (Å²) in [5.41, 5.74) is 2.21. The van der Waals surface area contributed by atoms with E-state index in [1.54, 1.807) is 0 Å². The van der Waals surface area contributed by atoms with Crippen molar-refractivity contribution in [3.05, 3.63) is 69.7 Å². The average molecular weight is 374 g/mol. The van der Waals surface area contributed by atoms with E-state index < -0.39 is 5.60 Å². The Kier molecular flexibility index (Phi) is 4.83. The molecule has 2 aromatic carbocycles. The molecule has 4 heteroatoms. The minimum atomic E-state index is -0.541. The molecule has 0 atom stereocenters. The molecule has 1 heterocycles. The zero-order chi connectivity index (χ0) is 16.3. The van der Waals surface area contributed by atoms with Crippen molar-refractivity contribution in [2.75, 3.05) is 13.1 Å². The van der Waals surface area contributed by atoms with Gasteiger partial charge in [0, 0.05) is 17.3 Å². The van der Waals surface area contributed by atoms with Crippen LogP contribution >= 0.6 is 15.9 Å². The highest BCUT2D eigenvalue weighted by atomic mass is 79.9. The third-order valence-corrected chi connectivity index (χ3v) is 5.26. The zero-order valence-electron chi connectivity index (χ0n) is 13.1. The summed E-state index contributed by atoms with van der Waals surface area (Å²) in [6.07, 6.45) is 1.57. The molecule has 1 fully saturated rings. The number of benzene rings is 2. The highest BCUT2D eigenvalue weighted by Gasteiger charge is 2.38. The Morgan fingerprint density at radius 2 is 1.83 bits per heavy atom. The van der Waals surface area contributed by atoms with Crippen LogP contribution in [0.15, 0.2) is 53.0 Å². The summed E-state index contributed by atoms with van der Waals surface area (Å²) >= 11 is 3.48. The fourth-order valence-corrected chi connectivity index (χ4v) is 3.36. The molecule has 0 bridgehead atoms. The van der Waals surface area contributed by atoms with Crippen LogP contribution in [0.1, 0.15) is 34.3 Å². The van der Waals surface area contributed by atoms with Crippen LogP contribution in [0.2, 0.25) is 0 Å². The van der Waals surface area contributed by atoms with Gasteiger partial charge in [0.05, 0.1) is 5.56 Å². The van der Waals surface area contributed by atoms with Gasteiger partial charge in [0.25, 0.3) is 0 Å². The molecule has 1 aliphatic rings. The molecule has 0 unspecified atom stereocenters. The fraction of sp³-hybridized carbons (Fsp3) is 0.316. The Hall–Kier alpha value is -1.65. The Morgan fingerprint density at radius 3 is 2.48 bits per heavy atom. The summed E-state index contributed by atoms with van der Waals surface area (Å²) in [6, 6.07) is 15.6. The molecular weight excluding hydrogens is 354 g/mol. The molecule has 23 heavy (non-hydrogen) atoms. The second-order valence-electron chi connectivity index (χ2n) is 5.96. The minimum Gasteiger partial charge on any atom is -0.450 e. The van der Waals surface area contributed by atoms with Crippen LogP contribution in [-0.2, 0) is 10.3 Å². The van der Waals surface area contributed by atoms with Crippen molar-refractivity contribution in [1.29, 1.82) is 0 Å². The molecule has 120 valence electrons. The lowest BCUT2D eigenvalue weighted by Gasteiger charge is -2.37. The molecule has 3 nitrogen and oxygen atoms in total. The van der Waals surface area contributed by atoms with E-state index in [1.807, 2.05) is 55.5 Å². The van der Waals surface area contributed by atoms with Gasteiger partial charge in [0.2, 0.25) is 0 Å². The molecule has 0 radical (unpaired) electrons. The SMILES string of the molecule is Cc1ccc(C(=O)OC2(c3ccccc3)CCNCC2)cc1Br. The topological polar surface area (TPSA) is 38.3 Å². The summed E-state index contributed by atoms with van der Waals surface area (Å²) < 4.78 is 6.97. The average Bonchev–Trinajstić information content (AvgIpc) is 2.59. The van der Waals surface area contributed by atoms with E-state index in [0.717, 1.165) is 41.5 Å². The normalized spacial score (nSPS) is 16.8. The highest BCUT2D eigenvalue weighted by molar-refractivity contribution is 9.10. The third kappa shape index (κ3) is 3.48. The highest BCUT2D eigenvalue weighted by Crippen LogP contribution is 2.35. The van der Waals surface area contributed by atoms with Gasteiger partial charge in [-0.15, -0.1) is 0 Å². The lowest BCUT2D eigenvalue weighted by atomic mass is 9.84. The molecule has 2 aromatic rings. The van der Waals surface area contributed by atoms with Crippen molar-refractivity contribution in [1.82, 2.24) is 5.32 Å². The Bertz CT molecular complexity index is 694. The molecular formula is C19H20BrNO2. The van der Waals surface area contributed by atoms with E-state index in [-0.39, 0.29) is 5.97 Å². The van der Waals surface area contributed by atoms with E-state index >= 15 is 0 Å². The molecule has 0 spiro atoms. The first-order valence-electron chi connectivity index (χ1n) is 7.86. The molecule has 1 aliphatic heterocycles. The molecule has 1 N–H and O–H groups in total. The van der Waals surface area contributed by atoms with Gasteiger partial charge in [-0.25, -0.2) is 4.79 Å². The maximum Gasteiger partial charge on any atom is 0.339 e. The van der Waals surface area contributed by atoms with Crippen molar-refractivity contribution < 1.29 is 9.53 Å². The van der Waals surface area contributed by atoms with Gasteiger partial charge >= 0.3 is 5.97 Å². The number of hydrogen-bond donors (Lipinski definition) is 1. The Morgan fingerprint density at radius 1 is 1.13 bits per heavy atom. The summed E-state index contributed by atoms with van der Waals surface area (Å²) in [5.74, 6) is -0.267. The maximum absolute atomic E-state index is 12.7. The molecule has 3 rings (SSSR count). The van der Waals surface area contributed by atoms with Crippen LogP contribution < -0.4 is 5.32 Å². The number of esters is 1. The summed E-state index contributed by atoms with van der Waals surface area (Å²) in [4.78, 5) is 12.7. The van der Waals surface area contributed by atoms with Gasteiger partial charge in [0.1, 0.15) is 5.60 Å². The summed E-state index contributed by atoms with van der Waals surface area (Å²) in [6.45, 7) is 3.69. The number of carbonyl (C=O) groups excluding carboxylic acids is 1. The van der Waals surface area contributed by atoms with E-state index in [2.05, 4.69) is 21.2 Å². The molecule has 0 aliphatic carbocycles. The molecule has 1 saturated heterocycles. The quantitative estimate of drug-likeness (QED) is 0.819. The lowest BCUT2D eigenvalue weighted by molar-refractivity contribution is -0.0378. The van der Waals surface area contributed by atoms with Crippen LogP contribution in [0.5, 0.6) is 0 Å². The van der Waals surface area contributed by atoms with E-state index in [1.165, 1.54) is 0 Å². The lowest BCUT2D eigenvalue weighted by Crippen LogP contribution is -2.43.